The second-order valence-corrected chi connectivity index (χ2v) is 12.9. The fourth-order valence-corrected chi connectivity index (χ4v) is 4.71. The molecule has 12 nitrogen and oxygen atoms in total. The van der Waals surface area contributed by atoms with Crippen molar-refractivity contribution in [1.29, 1.82) is 0 Å². The Balaban J connectivity index is 0.000000246. The largest absolute Gasteiger partial charge is 0.496 e. The molecule has 0 heterocycles. The van der Waals surface area contributed by atoms with Gasteiger partial charge < -0.3 is 39.4 Å². The van der Waals surface area contributed by atoms with Crippen LogP contribution in [0.2, 0.25) is 0 Å². The van der Waals surface area contributed by atoms with Crippen molar-refractivity contribution in [3.63, 3.8) is 0 Å². The number of aromatic carboxylic acids is 1. The smallest absolute Gasteiger partial charge is 0.407 e. The summed E-state index contributed by atoms with van der Waals surface area (Å²) in [5.41, 5.74) is 1.29. The summed E-state index contributed by atoms with van der Waals surface area (Å²) < 4.78 is 25.4. The zero-order chi connectivity index (χ0) is 33.7. The van der Waals surface area contributed by atoms with E-state index in [4.69, 9.17) is 23.7 Å². The fourth-order valence-electron chi connectivity index (χ4n) is 4.71. The van der Waals surface area contributed by atoms with Crippen LogP contribution in [0.5, 0.6) is 11.5 Å². The molecule has 0 spiro atoms. The van der Waals surface area contributed by atoms with E-state index in [1.807, 2.05) is 32.9 Å². The van der Waals surface area contributed by atoms with E-state index < -0.39 is 35.3 Å². The number of nitrogens with one attached hydrogen (secondary N) is 2. The average molecular weight is 629 g/mol. The number of hydrogen-bond acceptors (Lipinski definition) is 9. The van der Waals surface area contributed by atoms with Gasteiger partial charge in [0, 0.05) is 23.9 Å². The number of carboxylic acid groups (broad SMARTS) is 1. The molecule has 2 aliphatic carbocycles. The molecule has 4 rings (SSSR count). The van der Waals surface area contributed by atoms with Gasteiger partial charge in [-0.1, -0.05) is 12.1 Å². The Bertz CT molecular complexity index is 1410. The molecule has 3 N–H and O–H groups in total. The van der Waals surface area contributed by atoms with Crippen LogP contribution in [0.15, 0.2) is 36.4 Å². The van der Waals surface area contributed by atoms with Gasteiger partial charge in [-0.3, -0.25) is 0 Å². The van der Waals surface area contributed by atoms with Crippen molar-refractivity contribution < 1.29 is 48.0 Å². The first-order valence-electron chi connectivity index (χ1n) is 14.6. The normalized spacial score (nSPS) is 19.9. The zero-order valence-electron chi connectivity index (χ0n) is 27.3. The second kappa shape index (κ2) is 14.1. The van der Waals surface area contributed by atoms with Gasteiger partial charge in [0.2, 0.25) is 0 Å². The van der Waals surface area contributed by atoms with E-state index in [0.717, 1.165) is 24.0 Å². The maximum absolute atomic E-state index is 11.8. The van der Waals surface area contributed by atoms with E-state index in [1.54, 1.807) is 45.0 Å². The quantitative estimate of drug-likeness (QED) is 0.247. The van der Waals surface area contributed by atoms with E-state index in [2.05, 4.69) is 10.6 Å². The first kappa shape index (κ1) is 35.0. The highest BCUT2D eigenvalue weighted by atomic mass is 16.6. The third-order valence-electron chi connectivity index (χ3n) is 6.92. The Morgan fingerprint density at radius 1 is 0.689 bits per heavy atom. The minimum absolute atomic E-state index is 0.0174. The van der Waals surface area contributed by atoms with Crippen LogP contribution in [0.1, 0.15) is 98.1 Å². The number of benzene rings is 2. The van der Waals surface area contributed by atoms with Crippen molar-refractivity contribution in [2.24, 2.45) is 0 Å². The number of ether oxygens (including phenoxy) is 5. The van der Waals surface area contributed by atoms with Gasteiger partial charge in [0.05, 0.1) is 21.3 Å². The molecule has 0 aromatic heterocycles. The van der Waals surface area contributed by atoms with Crippen molar-refractivity contribution in [3.05, 3.63) is 58.7 Å². The third-order valence-corrected chi connectivity index (χ3v) is 6.92. The molecule has 0 unspecified atom stereocenters. The van der Waals surface area contributed by atoms with Gasteiger partial charge in [-0.2, -0.15) is 0 Å². The topological polar surface area (TPSA) is 159 Å². The van der Waals surface area contributed by atoms with Crippen molar-refractivity contribution in [3.8, 4) is 11.5 Å². The molecule has 246 valence electrons. The summed E-state index contributed by atoms with van der Waals surface area (Å²) in [4.78, 5) is 46.5. The summed E-state index contributed by atoms with van der Waals surface area (Å²) >= 11 is 0. The van der Waals surface area contributed by atoms with Gasteiger partial charge in [0.1, 0.15) is 33.8 Å². The molecular formula is C33H44N2O10. The van der Waals surface area contributed by atoms with Crippen molar-refractivity contribution in [2.75, 3.05) is 21.3 Å². The molecule has 4 atom stereocenters. The minimum Gasteiger partial charge on any atom is -0.496 e. The summed E-state index contributed by atoms with van der Waals surface area (Å²) in [5.74, 6) is -0.406. The molecule has 2 aromatic carbocycles. The average Bonchev–Trinajstić information content (AvgIpc) is 3.87. The van der Waals surface area contributed by atoms with E-state index in [0.29, 0.717) is 17.1 Å². The Morgan fingerprint density at radius 3 is 1.44 bits per heavy atom. The molecule has 45 heavy (non-hydrogen) atoms. The van der Waals surface area contributed by atoms with E-state index in [9.17, 15) is 24.3 Å². The molecule has 0 saturated heterocycles. The lowest BCUT2D eigenvalue weighted by Gasteiger charge is -2.19. The molecule has 0 radical (unpaired) electrons. The fraction of sp³-hybridized carbons (Fsp3) is 0.515. The van der Waals surface area contributed by atoms with Gasteiger partial charge in [-0.15, -0.1) is 0 Å². The van der Waals surface area contributed by atoms with Crippen LogP contribution in [0.25, 0.3) is 0 Å². The van der Waals surface area contributed by atoms with E-state index in [1.165, 1.54) is 21.3 Å². The number of carbonyl (C=O) groups is 4. The summed E-state index contributed by atoms with van der Waals surface area (Å²) in [6, 6.07) is 10.5. The maximum atomic E-state index is 11.8. The number of methoxy groups -OCH3 is 3. The lowest BCUT2D eigenvalue weighted by Crippen LogP contribution is -2.34. The Labute approximate surface area is 263 Å². The van der Waals surface area contributed by atoms with Crippen molar-refractivity contribution in [1.82, 2.24) is 10.6 Å². The van der Waals surface area contributed by atoms with Crippen molar-refractivity contribution in [2.45, 2.75) is 89.5 Å². The van der Waals surface area contributed by atoms with Gasteiger partial charge in [0.15, 0.2) is 0 Å². The van der Waals surface area contributed by atoms with Gasteiger partial charge in [-0.25, -0.2) is 19.2 Å². The molecule has 2 aliphatic rings. The standard InChI is InChI=1S/C17H23NO5.C16H21NO5/c1-17(2,3)23-16(20)18-13-9-11(13)10-6-7-14(21-4)12(8-10)15(19)22-5;1-16(2,3)22-15(20)17-12-8-10(12)9-5-6-13(21-4)11(7-9)14(18)19/h6-8,11,13H,9H2,1-5H3,(H,18,20);5-7,10,12H,8H2,1-4H3,(H,17,20)(H,18,19)/t11-,13+;10-,12+/m00/s1. The molecule has 2 saturated carbocycles. The van der Waals surface area contributed by atoms with Gasteiger partial charge in [-0.05, 0) is 89.8 Å². The number of hydrogen-bond donors (Lipinski definition) is 3. The Morgan fingerprint density at radius 2 is 1.09 bits per heavy atom. The monoisotopic (exact) mass is 628 g/mol. The minimum atomic E-state index is -1.03. The third kappa shape index (κ3) is 10.3. The summed E-state index contributed by atoms with van der Waals surface area (Å²) in [5, 5.41) is 14.8. The van der Waals surface area contributed by atoms with E-state index in [-0.39, 0.29) is 29.5 Å². The van der Waals surface area contributed by atoms with Crippen LogP contribution in [0.3, 0.4) is 0 Å². The number of amides is 2. The predicted octanol–water partition coefficient (Wildman–Crippen LogP) is 5.64. The molecule has 2 amide bonds. The summed E-state index contributed by atoms with van der Waals surface area (Å²) in [6.45, 7) is 10.9. The van der Waals surface area contributed by atoms with Crippen LogP contribution in [-0.2, 0) is 14.2 Å². The van der Waals surface area contributed by atoms with Gasteiger partial charge >= 0.3 is 24.1 Å². The maximum Gasteiger partial charge on any atom is 0.407 e. The highest BCUT2D eigenvalue weighted by Crippen LogP contribution is 2.43. The molecule has 2 aromatic rings. The summed E-state index contributed by atoms with van der Waals surface area (Å²) in [7, 11) is 4.27. The van der Waals surface area contributed by atoms with Crippen LogP contribution >= 0.6 is 0 Å². The number of esters is 1. The number of carboxylic acids is 1. The number of alkyl carbamates (subject to hydrolysis) is 2. The van der Waals surface area contributed by atoms with Crippen LogP contribution in [-0.4, -0.2) is 73.8 Å². The van der Waals surface area contributed by atoms with Crippen LogP contribution in [0.4, 0.5) is 9.59 Å². The first-order chi connectivity index (χ1) is 21.0. The molecule has 2 fully saturated rings. The lowest BCUT2D eigenvalue weighted by atomic mass is 10.1. The van der Waals surface area contributed by atoms with Gasteiger partial charge in [0.25, 0.3) is 0 Å². The molecule has 0 aliphatic heterocycles. The second-order valence-electron chi connectivity index (χ2n) is 12.9. The highest BCUT2D eigenvalue weighted by Gasteiger charge is 2.42. The zero-order valence-corrected chi connectivity index (χ0v) is 27.3. The van der Waals surface area contributed by atoms with Crippen LogP contribution in [0, 0.1) is 0 Å². The number of carbonyl (C=O) groups excluding carboxylic acids is 3. The molecule has 0 bridgehead atoms. The first-order valence-corrected chi connectivity index (χ1v) is 14.6. The predicted molar refractivity (Wildman–Crippen MR) is 165 cm³/mol. The molecular weight excluding hydrogens is 584 g/mol. The highest BCUT2D eigenvalue weighted by molar-refractivity contribution is 5.93. The van der Waals surface area contributed by atoms with E-state index >= 15 is 0 Å². The Hall–Kier alpha value is -4.48. The number of rotatable bonds is 8. The summed E-state index contributed by atoms with van der Waals surface area (Å²) in [6.07, 6.45) is 0.704. The molecule has 12 heteroatoms. The lowest BCUT2D eigenvalue weighted by molar-refractivity contribution is 0.0511. The SMILES string of the molecule is COC(=O)c1cc([C@@H]2C[C@H]2NC(=O)OC(C)(C)C)ccc1OC.COc1ccc([C@@H]2C[C@H]2NC(=O)OC(C)(C)C)cc1C(=O)O. The Kier molecular flexibility index (Phi) is 11.0. The van der Waals surface area contributed by atoms with Crippen LogP contribution < -0.4 is 20.1 Å². The van der Waals surface area contributed by atoms with Crippen molar-refractivity contribution >= 4 is 24.1 Å².